The summed E-state index contributed by atoms with van der Waals surface area (Å²) < 4.78 is 40.0. The highest BCUT2D eigenvalue weighted by Crippen LogP contribution is 2.43. The van der Waals surface area contributed by atoms with E-state index in [0.717, 1.165) is 38.8 Å². The van der Waals surface area contributed by atoms with Gasteiger partial charge in [0.2, 0.25) is 5.91 Å². The lowest BCUT2D eigenvalue weighted by Gasteiger charge is -2.37. The highest BCUT2D eigenvalue weighted by Gasteiger charge is 2.61. The minimum atomic E-state index is -4.49. The van der Waals surface area contributed by atoms with Crippen LogP contribution >= 0.6 is 0 Å². The maximum absolute atomic E-state index is 13.3. The molecule has 21 heavy (non-hydrogen) atoms. The molecule has 0 aromatic carbocycles. The maximum atomic E-state index is 13.3. The molecule has 3 aliphatic heterocycles. The molecule has 3 fully saturated rings. The number of rotatable bonds is 2. The van der Waals surface area contributed by atoms with Gasteiger partial charge in [0.15, 0.2) is 5.41 Å². The number of carbonyl (C=O) groups is 1. The van der Waals surface area contributed by atoms with Crippen LogP contribution < -0.4 is 10.6 Å². The predicted molar refractivity (Wildman–Crippen MR) is 71.7 cm³/mol. The summed E-state index contributed by atoms with van der Waals surface area (Å²) in [4.78, 5) is 14.7. The Morgan fingerprint density at radius 1 is 1.29 bits per heavy atom. The number of nitrogens with one attached hydrogen (secondary N) is 2. The van der Waals surface area contributed by atoms with E-state index in [1.165, 1.54) is 0 Å². The fourth-order valence-corrected chi connectivity index (χ4v) is 3.94. The lowest BCUT2D eigenvalue weighted by Crippen LogP contribution is -2.56. The molecule has 3 unspecified atom stereocenters. The largest absolute Gasteiger partial charge is 0.404 e. The van der Waals surface area contributed by atoms with E-state index in [2.05, 4.69) is 15.5 Å². The van der Waals surface area contributed by atoms with Gasteiger partial charge < -0.3 is 15.5 Å². The SMILES string of the molecule is O=C(NC1CCN2CCCC2C1)C1(C(F)(F)F)CCNC1. The summed E-state index contributed by atoms with van der Waals surface area (Å²) in [5.74, 6) is -0.837. The molecule has 3 saturated heterocycles. The van der Waals surface area contributed by atoms with Gasteiger partial charge in [-0.2, -0.15) is 13.2 Å². The van der Waals surface area contributed by atoms with Gasteiger partial charge in [-0.15, -0.1) is 0 Å². The van der Waals surface area contributed by atoms with Gasteiger partial charge in [-0.3, -0.25) is 4.79 Å². The first-order valence-electron chi connectivity index (χ1n) is 7.75. The van der Waals surface area contributed by atoms with Crippen molar-refractivity contribution < 1.29 is 18.0 Å². The number of fused-ring (bicyclic) bond motifs is 1. The van der Waals surface area contributed by atoms with Crippen LogP contribution in [-0.2, 0) is 4.79 Å². The fraction of sp³-hybridized carbons (Fsp3) is 0.929. The second kappa shape index (κ2) is 5.43. The van der Waals surface area contributed by atoms with Crippen molar-refractivity contribution in [2.75, 3.05) is 26.2 Å². The highest BCUT2D eigenvalue weighted by atomic mass is 19.4. The first-order chi connectivity index (χ1) is 9.92. The summed E-state index contributed by atoms with van der Waals surface area (Å²) in [6, 6.07) is 0.323. The van der Waals surface area contributed by atoms with E-state index in [9.17, 15) is 18.0 Å². The molecule has 3 aliphatic rings. The lowest BCUT2D eigenvalue weighted by molar-refractivity contribution is -0.216. The number of carbonyl (C=O) groups excluding carboxylic acids is 1. The number of amides is 1. The third-order valence-corrected chi connectivity index (χ3v) is 5.29. The van der Waals surface area contributed by atoms with Crippen LogP contribution in [0.2, 0.25) is 0 Å². The van der Waals surface area contributed by atoms with Crippen LogP contribution in [0, 0.1) is 5.41 Å². The summed E-state index contributed by atoms with van der Waals surface area (Å²) in [7, 11) is 0. The van der Waals surface area contributed by atoms with Crippen LogP contribution in [0.3, 0.4) is 0 Å². The van der Waals surface area contributed by atoms with E-state index < -0.39 is 17.5 Å². The van der Waals surface area contributed by atoms with Gasteiger partial charge in [0, 0.05) is 25.2 Å². The summed E-state index contributed by atoms with van der Waals surface area (Å²) in [5.41, 5.74) is -2.24. The van der Waals surface area contributed by atoms with E-state index in [-0.39, 0.29) is 25.6 Å². The molecule has 0 aromatic heterocycles. The molecule has 0 radical (unpaired) electrons. The number of nitrogens with zero attached hydrogens (tertiary/aromatic N) is 1. The van der Waals surface area contributed by atoms with Gasteiger partial charge in [0.05, 0.1) is 0 Å². The number of piperidine rings is 1. The van der Waals surface area contributed by atoms with Crippen LogP contribution in [0.1, 0.15) is 32.1 Å². The first-order valence-corrected chi connectivity index (χ1v) is 7.75. The minimum Gasteiger partial charge on any atom is -0.352 e. The molecule has 4 nitrogen and oxygen atoms in total. The van der Waals surface area contributed by atoms with Crippen molar-refractivity contribution in [1.82, 2.24) is 15.5 Å². The molecule has 0 bridgehead atoms. The van der Waals surface area contributed by atoms with Gasteiger partial charge in [0.25, 0.3) is 0 Å². The van der Waals surface area contributed by atoms with Crippen LogP contribution in [0.25, 0.3) is 0 Å². The Bertz CT molecular complexity index is 407. The molecule has 7 heteroatoms. The predicted octanol–water partition coefficient (Wildman–Crippen LogP) is 1.27. The van der Waals surface area contributed by atoms with E-state index in [1.54, 1.807) is 0 Å². The molecular formula is C14H22F3N3O. The maximum Gasteiger partial charge on any atom is 0.404 e. The Labute approximate surface area is 122 Å². The monoisotopic (exact) mass is 305 g/mol. The van der Waals surface area contributed by atoms with Gasteiger partial charge >= 0.3 is 6.18 Å². The zero-order valence-electron chi connectivity index (χ0n) is 12.0. The van der Waals surface area contributed by atoms with Gasteiger partial charge in [0.1, 0.15) is 0 Å². The topological polar surface area (TPSA) is 44.4 Å². The third-order valence-electron chi connectivity index (χ3n) is 5.29. The molecule has 0 saturated carbocycles. The van der Waals surface area contributed by atoms with Crippen molar-refractivity contribution in [3.05, 3.63) is 0 Å². The number of halogens is 3. The third kappa shape index (κ3) is 2.65. The standard InChI is InChI=1S/C14H22F3N3O/c15-14(16,17)13(4-5-18-9-13)12(21)19-10-3-7-20-6-1-2-11(20)8-10/h10-11,18H,1-9H2,(H,19,21). The second-order valence-corrected chi connectivity index (χ2v) is 6.53. The Balaban J connectivity index is 1.65. The summed E-state index contributed by atoms with van der Waals surface area (Å²) in [5, 5.41) is 5.38. The zero-order chi connectivity index (χ0) is 15.1. The molecule has 3 heterocycles. The molecule has 3 atom stereocenters. The van der Waals surface area contributed by atoms with Crippen LogP contribution in [0.4, 0.5) is 13.2 Å². The van der Waals surface area contributed by atoms with E-state index in [1.807, 2.05) is 0 Å². The fourth-order valence-electron chi connectivity index (χ4n) is 3.94. The molecule has 0 aromatic rings. The Kier molecular flexibility index (Phi) is 3.90. The van der Waals surface area contributed by atoms with Crippen molar-refractivity contribution in [2.45, 2.75) is 50.4 Å². The number of hydrogen-bond acceptors (Lipinski definition) is 3. The quantitative estimate of drug-likeness (QED) is 0.807. The number of alkyl halides is 3. The normalized spacial score (nSPS) is 37.5. The van der Waals surface area contributed by atoms with E-state index in [0.29, 0.717) is 6.04 Å². The zero-order valence-corrected chi connectivity index (χ0v) is 12.0. The van der Waals surface area contributed by atoms with Crippen LogP contribution in [-0.4, -0.2) is 55.2 Å². The van der Waals surface area contributed by atoms with Crippen molar-refractivity contribution in [2.24, 2.45) is 5.41 Å². The van der Waals surface area contributed by atoms with Gasteiger partial charge in [-0.05, 0) is 45.2 Å². The van der Waals surface area contributed by atoms with Crippen LogP contribution in [0.15, 0.2) is 0 Å². The Hall–Kier alpha value is -0.820. The average Bonchev–Trinajstić information content (AvgIpc) is 3.07. The lowest BCUT2D eigenvalue weighted by atomic mass is 9.84. The van der Waals surface area contributed by atoms with Gasteiger partial charge in [-0.25, -0.2) is 0 Å². The molecule has 120 valence electrons. The number of hydrogen-bond donors (Lipinski definition) is 2. The Morgan fingerprint density at radius 3 is 2.76 bits per heavy atom. The molecule has 1 amide bonds. The van der Waals surface area contributed by atoms with Crippen molar-refractivity contribution in [3.8, 4) is 0 Å². The summed E-state index contributed by atoms with van der Waals surface area (Å²) in [6.07, 6.45) is -0.865. The van der Waals surface area contributed by atoms with Crippen molar-refractivity contribution in [3.63, 3.8) is 0 Å². The first kappa shape index (κ1) is 15.1. The highest BCUT2D eigenvalue weighted by molar-refractivity contribution is 5.84. The summed E-state index contributed by atoms with van der Waals surface area (Å²) >= 11 is 0. The molecule has 0 aliphatic carbocycles. The van der Waals surface area contributed by atoms with Gasteiger partial charge in [-0.1, -0.05) is 0 Å². The van der Waals surface area contributed by atoms with E-state index >= 15 is 0 Å². The molecule has 0 spiro atoms. The van der Waals surface area contributed by atoms with Crippen molar-refractivity contribution >= 4 is 5.91 Å². The smallest absolute Gasteiger partial charge is 0.352 e. The second-order valence-electron chi connectivity index (χ2n) is 6.53. The summed E-state index contributed by atoms with van der Waals surface area (Å²) in [6.45, 7) is 1.91. The molecule has 3 rings (SSSR count). The average molecular weight is 305 g/mol. The van der Waals surface area contributed by atoms with Crippen molar-refractivity contribution in [1.29, 1.82) is 0 Å². The van der Waals surface area contributed by atoms with Crippen LogP contribution in [0.5, 0.6) is 0 Å². The molecular weight excluding hydrogens is 283 g/mol. The minimum absolute atomic E-state index is 0.114. The molecule has 2 N–H and O–H groups in total. The van der Waals surface area contributed by atoms with E-state index in [4.69, 9.17) is 0 Å². The Morgan fingerprint density at radius 2 is 2.10 bits per heavy atom.